The van der Waals surface area contributed by atoms with Crippen LogP contribution in [0.3, 0.4) is 0 Å². The molecule has 0 aliphatic carbocycles. The van der Waals surface area contributed by atoms with Gasteiger partial charge in [-0.05, 0) is 17.7 Å². The van der Waals surface area contributed by atoms with Gasteiger partial charge in [-0.3, -0.25) is 10.1 Å². The lowest BCUT2D eigenvalue weighted by Crippen LogP contribution is -2.26. The second-order valence-corrected chi connectivity index (χ2v) is 5.53. The Morgan fingerprint density at radius 2 is 1.85 bits per heavy atom. The Balaban J connectivity index is 2.27. The van der Waals surface area contributed by atoms with E-state index in [2.05, 4.69) is 5.32 Å². The van der Waals surface area contributed by atoms with Crippen molar-refractivity contribution in [2.45, 2.75) is 5.92 Å². The van der Waals surface area contributed by atoms with Gasteiger partial charge in [-0.25, -0.2) is 4.39 Å². The molecule has 1 heterocycles. The maximum absolute atomic E-state index is 13.3. The molecule has 0 amide bonds. The number of allylic oxidation sites excluding steroid dienone is 1. The summed E-state index contributed by atoms with van der Waals surface area (Å²) in [5, 5.41) is 24.1. The molecular weight excluding hydrogens is 337 g/mol. The van der Waals surface area contributed by atoms with Crippen LogP contribution < -0.4 is 5.32 Å². The molecule has 0 fully saturated rings. The van der Waals surface area contributed by atoms with E-state index in [1.54, 1.807) is 24.3 Å². The molecule has 130 valence electrons. The minimum absolute atomic E-state index is 0.0535. The molecule has 1 unspecified atom stereocenters. The van der Waals surface area contributed by atoms with Gasteiger partial charge in [0.2, 0.25) is 0 Å². The molecule has 0 saturated heterocycles. The third-order valence-corrected chi connectivity index (χ3v) is 4.03. The Hall–Kier alpha value is -3.66. The third-order valence-electron chi connectivity index (χ3n) is 4.03. The second kappa shape index (κ2) is 7.07. The lowest BCUT2D eigenvalue weighted by Gasteiger charge is -2.25. The fourth-order valence-corrected chi connectivity index (χ4v) is 2.87. The van der Waals surface area contributed by atoms with Crippen molar-refractivity contribution in [2.75, 3.05) is 7.05 Å². The molecule has 6 nitrogen and oxygen atoms in total. The lowest BCUT2D eigenvalue weighted by atomic mass is 9.85. The maximum Gasteiger partial charge on any atom is 0.318 e. The molecular formula is C19H14FN3O3. The number of nitriles is 1. The summed E-state index contributed by atoms with van der Waals surface area (Å²) in [6, 6.07) is 16.2. The topological polar surface area (TPSA) is 88.2 Å². The Morgan fingerprint density at radius 3 is 2.38 bits per heavy atom. The Kier molecular flexibility index (Phi) is 4.67. The van der Waals surface area contributed by atoms with Gasteiger partial charge in [-0.2, -0.15) is 5.26 Å². The van der Waals surface area contributed by atoms with E-state index in [4.69, 9.17) is 4.74 Å². The van der Waals surface area contributed by atoms with Crippen LogP contribution in [0.4, 0.5) is 4.39 Å². The van der Waals surface area contributed by atoms with Crippen molar-refractivity contribution in [1.29, 1.82) is 5.26 Å². The molecule has 2 aromatic carbocycles. The summed E-state index contributed by atoms with van der Waals surface area (Å²) in [7, 11) is 1.50. The molecule has 0 spiro atoms. The van der Waals surface area contributed by atoms with Gasteiger partial charge in [0.1, 0.15) is 11.7 Å². The molecule has 1 N–H and O–H groups in total. The van der Waals surface area contributed by atoms with E-state index in [1.165, 1.54) is 31.3 Å². The van der Waals surface area contributed by atoms with Crippen LogP contribution >= 0.6 is 0 Å². The smallest absolute Gasteiger partial charge is 0.318 e. The molecule has 2 aromatic rings. The third kappa shape index (κ3) is 3.00. The van der Waals surface area contributed by atoms with Crippen molar-refractivity contribution in [2.24, 2.45) is 0 Å². The van der Waals surface area contributed by atoms with E-state index >= 15 is 0 Å². The number of rotatable bonds is 4. The SMILES string of the molecule is CNC1=C([N+](=O)[O-])C(c2ccc(F)cc2)C(C#N)=C(c2ccccc2)O1. The number of hydrogen-bond donors (Lipinski definition) is 1. The number of nitrogens with one attached hydrogen (secondary N) is 1. The lowest BCUT2D eigenvalue weighted by molar-refractivity contribution is -0.433. The Labute approximate surface area is 149 Å². The second-order valence-electron chi connectivity index (χ2n) is 5.53. The van der Waals surface area contributed by atoms with Crippen LogP contribution in [0.5, 0.6) is 0 Å². The summed E-state index contributed by atoms with van der Waals surface area (Å²) >= 11 is 0. The van der Waals surface area contributed by atoms with Gasteiger partial charge < -0.3 is 10.1 Å². The predicted octanol–water partition coefficient (Wildman–Crippen LogP) is 3.54. The monoisotopic (exact) mass is 351 g/mol. The number of halogens is 1. The summed E-state index contributed by atoms with van der Waals surface area (Å²) in [6.07, 6.45) is 0. The van der Waals surface area contributed by atoms with Crippen molar-refractivity contribution in [3.05, 3.63) is 98.8 Å². The van der Waals surface area contributed by atoms with E-state index in [0.717, 1.165) is 0 Å². The molecule has 1 aliphatic heterocycles. The molecule has 0 saturated carbocycles. The van der Waals surface area contributed by atoms with Crippen LogP contribution in [-0.4, -0.2) is 12.0 Å². The Morgan fingerprint density at radius 1 is 1.19 bits per heavy atom. The molecule has 1 aliphatic rings. The zero-order valence-electron chi connectivity index (χ0n) is 13.8. The largest absolute Gasteiger partial charge is 0.434 e. The predicted molar refractivity (Wildman–Crippen MR) is 92.3 cm³/mol. The summed E-state index contributed by atoms with van der Waals surface area (Å²) < 4.78 is 19.0. The highest BCUT2D eigenvalue weighted by atomic mass is 19.1. The van der Waals surface area contributed by atoms with Crippen LogP contribution in [0.15, 0.2) is 71.8 Å². The number of nitrogens with zero attached hydrogens (tertiary/aromatic N) is 2. The number of nitro groups is 1. The quantitative estimate of drug-likeness (QED) is 0.672. The summed E-state index contributed by atoms with van der Waals surface area (Å²) in [4.78, 5) is 11.1. The maximum atomic E-state index is 13.3. The average Bonchev–Trinajstić information content (AvgIpc) is 2.67. The summed E-state index contributed by atoms with van der Waals surface area (Å²) in [6.45, 7) is 0. The van der Waals surface area contributed by atoms with Crippen molar-refractivity contribution in [3.63, 3.8) is 0 Å². The molecule has 0 aromatic heterocycles. The molecule has 26 heavy (non-hydrogen) atoms. The van der Waals surface area contributed by atoms with Crippen LogP contribution in [0.25, 0.3) is 5.76 Å². The first-order valence-electron chi connectivity index (χ1n) is 7.76. The van der Waals surface area contributed by atoms with E-state index in [0.29, 0.717) is 11.1 Å². The highest BCUT2D eigenvalue weighted by Gasteiger charge is 2.41. The van der Waals surface area contributed by atoms with Crippen molar-refractivity contribution in [1.82, 2.24) is 5.32 Å². The molecule has 7 heteroatoms. The molecule has 0 radical (unpaired) electrons. The van der Waals surface area contributed by atoms with Crippen molar-refractivity contribution < 1.29 is 14.1 Å². The average molecular weight is 351 g/mol. The zero-order valence-corrected chi connectivity index (χ0v) is 13.8. The molecule has 0 bridgehead atoms. The fourth-order valence-electron chi connectivity index (χ4n) is 2.87. The number of benzene rings is 2. The van der Waals surface area contributed by atoms with Gasteiger partial charge in [-0.1, -0.05) is 42.5 Å². The van der Waals surface area contributed by atoms with Crippen LogP contribution in [-0.2, 0) is 4.74 Å². The summed E-state index contributed by atoms with van der Waals surface area (Å²) in [5.41, 5.74) is 0.842. The normalized spacial score (nSPS) is 16.7. The van der Waals surface area contributed by atoms with Crippen LogP contribution in [0.2, 0.25) is 0 Å². The van der Waals surface area contributed by atoms with Crippen molar-refractivity contribution in [3.8, 4) is 6.07 Å². The van der Waals surface area contributed by atoms with Gasteiger partial charge in [0.25, 0.3) is 5.88 Å². The Bertz CT molecular complexity index is 944. The van der Waals surface area contributed by atoms with Gasteiger partial charge in [0.05, 0.1) is 16.6 Å². The van der Waals surface area contributed by atoms with E-state index in [9.17, 15) is 19.8 Å². The molecule has 1 atom stereocenters. The first kappa shape index (κ1) is 17.2. The van der Waals surface area contributed by atoms with Gasteiger partial charge in [-0.15, -0.1) is 0 Å². The van der Waals surface area contributed by atoms with Gasteiger partial charge in [0.15, 0.2) is 5.76 Å². The van der Waals surface area contributed by atoms with E-state index < -0.39 is 16.7 Å². The van der Waals surface area contributed by atoms with Gasteiger partial charge in [0, 0.05) is 12.6 Å². The highest BCUT2D eigenvalue weighted by Crippen LogP contribution is 2.42. The van der Waals surface area contributed by atoms with Crippen LogP contribution in [0, 0.1) is 27.3 Å². The standard InChI is InChI=1S/C19H14FN3O3/c1-22-19-17(23(24)25)16(12-7-9-14(20)10-8-12)15(11-21)18(26-19)13-5-3-2-4-6-13/h2-10,16,22H,1H3. The van der Waals surface area contributed by atoms with Gasteiger partial charge >= 0.3 is 5.70 Å². The number of hydrogen-bond acceptors (Lipinski definition) is 5. The van der Waals surface area contributed by atoms with Crippen molar-refractivity contribution >= 4 is 5.76 Å². The van der Waals surface area contributed by atoms with E-state index in [-0.39, 0.29) is 22.9 Å². The number of ether oxygens (including phenoxy) is 1. The highest BCUT2D eigenvalue weighted by molar-refractivity contribution is 5.72. The minimum Gasteiger partial charge on any atom is -0.434 e. The zero-order chi connectivity index (χ0) is 18.7. The fraction of sp³-hybridized carbons (Fsp3) is 0.105. The first-order chi connectivity index (χ1) is 12.6. The van der Waals surface area contributed by atoms with Crippen LogP contribution in [0.1, 0.15) is 17.0 Å². The first-order valence-corrected chi connectivity index (χ1v) is 7.76. The van der Waals surface area contributed by atoms with E-state index in [1.807, 2.05) is 12.1 Å². The minimum atomic E-state index is -0.984. The summed E-state index contributed by atoms with van der Waals surface area (Å²) in [5.74, 6) is -1.27. The molecule has 3 rings (SSSR count).